The summed E-state index contributed by atoms with van der Waals surface area (Å²) in [6.07, 6.45) is 8.66. The number of pyridine rings is 2. The van der Waals surface area contributed by atoms with Gasteiger partial charge in [-0.25, -0.2) is 0 Å². The Bertz CT molecular complexity index is 1210. The maximum absolute atomic E-state index is 13.1. The van der Waals surface area contributed by atoms with Crippen LogP contribution in [0.25, 0.3) is 22.0 Å². The van der Waals surface area contributed by atoms with E-state index in [-0.39, 0.29) is 17.6 Å². The average Bonchev–Trinajstić information content (AvgIpc) is 2.84. The fourth-order valence-corrected chi connectivity index (χ4v) is 4.78. The Hall–Kier alpha value is -3.58. The first-order valence-electron chi connectivity index (χ1n) is 11.2. The van der Waals surface area contributed by atoms with Gasteiger partial charge in [-0.3, -0.25) is 19.6 Å². The number of benzene rings is 1. The molecule has 1 aliphatic rings. The van der Waals surface area contributed by atoms with Crippen LogP contribution in [-0.2, 0) is 4.79 Å². The van der Waals surface area contributed by atoms with Crippen molar-refractivity contribution in [2.45, 2.75) is 37.8 Å². The average molecular weight is 444 g/mol. The number of fused-ring (bicyclic) bond motifs is 1. The molecule has 0 bridgehead atoms. The highest BCUT2D eigenvalue weighted by Crippen LogP contribution is 2.35. The van der Waals surface area contributed by atoms with Crippen molar-refractivity contribution in [3.8, 4) is 11.1 Å². The van der Waals surface area contributed by atoms with E-state index in [1.165, 1.54) is 6.08 Å². The summed E-state index contributed by atoms with van der Waals surface area (Å²) in [5.41, 5.74) is 8.76. The predicted molar refractivity (Wildman–Crippen MR) is 131 cm³/mol. The summed E-state index contributed by atoms with van der Waals surface area (Å²) in [5, 5.41) is 0.830. The Morgan fingerprint density at radius 2 is 1.88 bits per heavy atom. The van der Waals surface area contributed by atoms with Crippen molar-refractivity contribution in [1.29, 1.82) is 0 Å². The minimum absolute atomic E-state index is 0.0606. The van der Waals surface area contributed by atoms with Crippen LogP contribution >= 0.6 is 0 Å². The number of primary amides is 1. The van der Waals surface area contributed by atoms with E-state index < -0.39 is 5.91 Å². The van der Waals surface area contributed by atoms with Crippen molar-refractivity contribution < 1.29 is 9.59 Å². The smallest absolute Gasteiger partial charge is 0.267 e. The molecule has 1 fully saturated rings. The Labute approximate surface area is 193 Å². The second-order valence-corrected chi connectivity index (χ2v) is 8.68. The maximum atomic E-state index is 13.1. The van der Waals surface area contributed by atoms with Crippen molar-refractivity contribution in [3.63, 3.8) is 0 Å². The number of rotatable bonds is 6. The molecule has 3 aromatic rings. The molecular weight excluding hydrogens is 414 g/mol. The molecule has 2 atom stereocenters. The summed E-state index contributed by atoms with van der Waals surface area (Å²) in [4.78, 5) is 37.8. The molecule has 1 aliphatic carbocycles. The molecule has 7 nitrogen and oxygen atoms in total. The Balaban J connectivity index is 1.85. The second kappa shape index (κ2) is 9.50. The first kappa shape index (κ1) is 22.6. The highest BCUT2D eigenvalue weighted by molar-refractivity contribution is 6.08. The van der Waals surface area contributed by atoms with E-state index in [0.29, 0.717) is 11.6 Å². The summed E-state index contributed by atoms with van der Waals surface area (Å²) in [6.45, 7) is 3.76. The van der Waals surface area contributed by atoms with Gasteiger partial charge in [-0.05, 0) is 75.7 Å². The number of nitrogens with zero attached hydrogens (tertiary/aromatic N) is 4. The lowest BCUT2D eigenvalue weighted by atomic mass is 9.88. The van der Waals surface area contributed by atoms with Crippen LogP contribution in [0.4, 0.5) is 5.69 Å². The zero-order valence-corrected chi connectivity index (χ0v) is 19.1. The van der Waals surface area contributed by atoms with Crippen LogP contribution in [-0.4, -0.2) is 52.9 Å². The first-order chi connectivity index (χ1) is 15.9. The molecule has 2 heterocycles. The van der Waals surface area contributed by atoms with Crippen LogP contribution in [0, 0.1) is 0 Å². The van der Waals surface area contributed by atoms with Gasteiger partial charge < -0.3 is 15.5 Å². The fourth-order valence-electron chi connectivity index (χ4n) is 4.78. The number of hydrogen-bond acceptors (Lipinski definition) is 5. The van der Waals surface area contributed by atoms with E-state index in [1.54, 1.807) is 18.5 Å². The largest absolute Gasteiger partial charge is 0.364 e. The predicted octanol–water partition coefficient (Wildman–Crippen LogP) is 3.79. The van der Waals surface area contributed by atoms with E-state index in [0.717, 1.165) is 47.8 Å². The van der Waals surface area contributed by atoms with Gasteiger partial charge in [0.2, 0.25) is 0 Å². The van der Waals surface area contributed by atoms with Gasteiger partial charge in [0, 0.05) is 35.4 Å². The van der Waals surface area contributed by atoms with Gasteiger partial charge in [-0.1, -0.05) is 18.7 Å². The summed E-state index contributed by atoms with van der Waals surface area (Å²) in [7, 11) is 4.18. The molecule has 0 saturated heterocycles. The quantitative estimate of drug-likeness (QED) is 0.585. The summed E-state index contributed by atoms with van der Waals surface area (Å²) in [5.74, 6) is -0.714. The molecule has 0 aliphatic heterocycles. The topological polar surface area (TPSA) is 92.4 Å². The van der Waals surface area contributed by atoms with Crippen LogP contribution < -0.4 is 10.6 Å². The fraction of sp³-hybridized carbons (Fsp3) is 0.308. The van der Waals surface area contributed by atoms with Gasteiger partial charge in [-0.15, -0.1) is 0 Å². The van der Waals surface area contributed by atoms with E-state index in [4.69, 9.17) is 5.73 Å². The van der Waals surface area contributed by atoms with Crippen molar-refractivity contribution >= 4 is 28.4 Å². The normalized spacial score (nSPS) is 18.3. The van der Waals surface area contributed by atoms with E-state index >= 15 is 0 Å². The molecule has 0 radical (unpaired) electrons. The number of anilines is 1. The molecule has 2 unspecified atom stereocenters. The number of nitrogens with two attached hydrogens (primary N) is 1. The molecule has 7 heteroatoms. The highest BCUT2D eigenvalue weighted by Gasteiger charge is 2.31. The van der Waals surface area contributed by atoms with Crippen LogP contribution in [0.5, 0.6) is 0 Å². The second-order valence-electron chi connectivity index (χ2n) is 8.68. The Morgan fingerprint density at radius 3 is 2.61 bits per heavy atom. The summed E-state index contributed by atoms with van der Waals surface area (Å²) < 4.78 is 0. The lowest BCUT2D eigenvalue weighted by Crippen LogP contribution is -2.46. The third-order valence-electron chi connectivity index (χ3n) is 6.46. The van der Waals surface area contributed by atoms with E-state index in [9.17, 15) is 9.59 Å². The van der Waals surface area contributed by atoms with E-state index in [2.05, 4.69) is 35.5 Å². The van der Waals surface area contributed by atoms with Gasteiger partial charge in [0.05, 0.1) is 11.2 Å². The monoisotopic (exact) mass is 443 g/mol. The maximum Gasteiger partial charge on any atom is 0.267 e. The van der Waals surface area contributed by atoms with Crippen LogP contribution in [0.3, 0.4) is 0 Å². The third-order valence-corrected chi connectivity index (χ3v) is 6.46. The minimum Gasteiger partial charge on any atom is -0.364 e. The lowest BCUT2D eigenvalue weighted by molar-refractivity contribution is -0.114. The molecule has 0 spiro atoms. The molecule has 33 heavy (non-hydrogen) atoms. The van der Waals surface area contributed by atoms with Gasteiger partial charge in [0.15, 0.2) is 0 Å². The Kier molecular flexibility index (Phi) is 6.51. The third kappa shape index (κ3) is 4.50. The van der Waals surface area contributed by atoms with Crippen molar-refractivity contribution in [2.24, 2.45) is 5.73 Å². The van der Waals surface area contributed by atoms with E-state index in [1.807, 2.05) is 35.2 Å². The molecule has 170 valence electrons. The molecule has 1 aromatic carbocycles. The molecule has 2 amide bonds. The van der Waals surface area contributed by atoms with Gasteiger partial charge in [0.25, 0.3) is 11.8 Å². The zero-order valence-electron chi connectivity index (χ0n) is 19.1. The molecular formula is C26H29N5O2. The van der Waals surface area contributed by atoms with Gasteiger partial charge >= 0.3 is 0 Å². The standard InChI is InChI=1S/C26H29N5O2/c1-4-24(32)31(19-8-5-7-18(16-19)30(2)3)23-12-14-28-22-11-10-17(15-21(22)23)20-9-6-13-29-25(20)26(27)33/h4,6,9-15,18-19H,1,5,7-8,16H2,2-3H3,(H2,27,33). The highest BCUT2D eigenvalue weighted by atomic mass is 16.2. The molecule has 2 N–H and O–H groups in total. The number of carbonyl (C=O) groups is 2. The van der Waals surface area contributed by atoms with Gasteiger partial charge in [-0.2, -0.15) is 0 Å². The van der Waals surface area contributed by atoms with Crippen LogP contribution in [0.15, 0.2) is 61.4 Å². The van der Waals surface area contributed by atoms with Gasteiger partial charge in [0.1, 0.15) is 5.69 Å². The number of amides is 2. The van der Waals surface area contributed by atoms with Crippen molar-refractivity contribution in [3.05, 3.63) is 67.1 Å². The van der Waals surface area contributed by atoms with Crippen LogP contribution in [0.2, 0.25) is 0 Å². The summed E-state index contributed by atoms with van der Waals surface area (Å²) >= 11 is 0. The number of hydrogen-bond donors (Lipinski definition) is 1. The zero-order chi connectivity index (χ0) is 23.5. The van der Waals surface area contributed by atoms with Crippen molar-refractivity contribution in [1.82, 2.24) is 14.9 Å². The minimum atomic E-state index is -0.586. The van der Waals surface area contributed by atoms with Crippen LogP contribution in [0.1, 0.15) is 36.2 Å². The molecule has 4 rings (SSSR count). The first-order valence-corrected chi connectivity index (χ1v) is 11.2. The lowest BCUT2D eigenvalue weighted by Gasteiger charge is -2.39. The molecule has 1 saturated carbocycles. The number of carbonyl (C=O) groups excluding carboxylic acids is 2. The van der Waals surface area contributed by atoms with Crippen molar-refractivity contribution in [2.75, 3.05) is 19.0 Å². The number of aromatic nitrogens is 2. The summed E-state index contributed by atoms with van der Waals surface area (Å²) in [6, 6.07) is 11.7. The molecule has 2 aromatic heterocycles. The SMILES string of the molecule is C=CC(=O)N(c1ccnc2ccc(-c3cccnc3C(N)=O)cc12)C1CCCC(N(C)C)C1. The Morgan fingerprint density at radius 1 is 1.09 bits per heavy atom.